The molecule has 0 radical (unpaired) electrons. The first-order chi connectivity index (χ1) is 13.2. The summed E-state index contributed by atoms with van der Waals surface area (Å²) in [6.07, 6.45) is 7.25. The number of nitrogens with zero attached hydrogens (tertiary/aromatic N) is 1. The van der Waals surface area contributed by atoms with Crippen molar-refractivity contribution in [3.8, 4) is 11.5 Å². The number of carbonyl (C=O) groups excluding carboxylic acids is 1. The Hall–Kier alpha value is -2.02. The Morgan fingerprint density at radius 3 is 2.55 bits per heavy atom. The minimum atomic E-state index is -0.0877. The van der Waals surface area contributed by atoms with Gasteiger partial charge in [0.15, 0.2) is 11.5 Å². The molecule has 6 nitrogen and oxygen atoms in total. The van der Waals surface area contributed by atoms with Gasteiger partial charge in [-0.15, -0.1) is 24.8 Å². The number of nitrogens with one attached hydrogen (secondary N) is 1. The molecule has 2 aromatic rings. The molecule has 29 heavy (non-hydrogen) atoms. The molecule has 0 bridgehead atoms. The van der Waals surface area contributed by atoms with Crippen LogP contribution in [0.1, 0.15) is 48.5 Å². The second-order valence-corrected chi connectivity index (χ2v) is 6.83. The number of amides is 1. The molecule has 0 saturated heterocycles. The van der Waals surface area contributed by atoms with Crippen molar-refractivity contribution in [3.05, 3.63) is 53.9 Å². The fourth-order valence-electron chi connectivity index (χ4n) is 3.21. The monoisotopic (exact) mass is 441 g/mol. The molecule has 1 amide bonds. The van der Waals surface area contributed by atoms with Gasteiger partial charge in [-0.25, -0.2) is 0 Å². The SMILES string of the molecule is CCOc1cc(C(=O)NC2CCC(N)CC2)ccc1OCc1cccnc1.Cl.Cl. The number of nitrogens with two attached hydrogens (primary N) is 1. The van der Waals surface area contributed by atoms with E-state index in [2.05, 4.69) is 10.3 Å². The molecule has 1 aliphatic carbocycles. The molecule has 3 rings (SSSR count). The van der Waals surface area contributed by atoms with Crippen LogP contribution in [0.4, 0.5) is 0 Å². The van der Waals surface area contributed by atoms with Gasteiger partial charge < -0.3 is 20.5 Å². The molecule has 0 aliphatic heterocycles. The molecule has 0 atom stereocenters. The van der Waals surface area contributed by atoms with Crippen LogP contribution in [0.15, 0.2) is 42.7 Å². The largest absolute Gasteiger partial charge is 0.490 e. The van der Waals surface area contributed by atoms with Crippen molar-refractivity contribution >= 4 is 30.7 Å². The fourth-order valence-corrected chi connectivity index (χ4v) is 3.21. The highest BCUT2D eigenvalue weighted by Gasteiger charge is 2.21. The van der Waals surface area contributed by atoms with Crippen LogP contribution in [0.2, 0.25) is 0 Å². The van der Waals surface area contributed by atoms with Gasteiger partial charge in [0.2, 0.25) is 0 Å². The van der Waals surface area contributed by atoms with Crippen molar-refractivity contribution in [1.82, 2.24) is 10.3 Å². The predicted molar refractivity (Wildman–Crippen MR) is 118 cm³/mol. The summed E-state index contributed by atoms with van der Waals surface area (Å²) < 4.78 is 11.5. The van der Waals surface area contributed by atoms with E-state index in [9.17, 15) is 4.79 Å². The summed E-state index contributed by atoms with van der Waals surface area (Å²) in [5.41, 5.74) is 7.47. The Labute approximate surface area is 184 Å². The first-order valence-corrected chi connectivity index (χ1v) is 9.50. The van der Waals surface area contributed by atoms with Crippen molar-refractivity contribution in [1.29, 1.82) is 0 Å². The molecule has 1 saturated carbocycles. The zero-order valence-electron chi connectivity index (χ0n) is 16.5. The third-order valence-corrected chi connectivity index (χ3v) is 4.73. The second kappa shape index (κ2) is 12.5. The summed E-state index contributed by atoms with van der Waals surface area (Å²) in [7, 11) is 0. The number of hydrogen-bond donors (Lipinski definition) is 2. The topological polar surface area (TPSA) is 86.5 Å². The van der Waals surface area contributed by atoms with Gasteiger partial charge in [0.1, 0.15) is 6.61 Å². The van der Waals surface area contributed by atoms with Crippen molar-refractivity contribution in [2.75, 3.05) is 6.61 Å². The zero-order valence-corrected chi connectivity index (χ0v) is 18.1. The number of halogens is 2. The Morgan fingerprint density at radius 2 is 1.90 bits per heavy atom. The zero-order chi connectivity index (χ0) is 19.1. The lowest BCUT2D eigenvalue weighted by molar-refractivity contribution is 0.0925. The minimum absolute atomic E-state index is 0. The Morgan fingerprint density at radius 1 is 1.14 bits per heavy atom. The van der Waals surface area contributed by atoms with Crippen LogP contribution in [-0.4, -0.2) is 29.6 Å². The van der Waals surface area contributed by atoms with Gasteiger partial charge in [-0.3, -0.25) is 9.78 Å². The molecular weight excluding hydrogens is 413 g/mol. The van der Waals surface area contributed by atoms with E-state index < -0.39 is 0 Å². The third-order valence-electron chi connectivity index (χ3n) is 4.73. The highest BCUT2D eigenvalue weighted by Crippen LogP contribution is 2.29. The summed E-state index contributed by atoms with van der Waals surface area (Å²) in [5, 5.41) is 3.10. The maximum absolute atomic E-state index is 12.6. The van der Waals surface area contributed by atoms with E-state index >= 15 is 0 Å². The molecule has 1 aromatic carbocycles. The normalized spacial score (nSPS) is 18.0. The highest BCUT2D eigenvalue weighted by atomic mass is 35.5. The third kappa shape index (κ3) is 7.38. The molecule has 1 heterocycles. The first-order valence-electron chi connectivity index (χ1n) is 9.50. The highest BCUT2D eigenvalue weighted by molar-refractivity contribution is 5.95. The van der Waals surface area contributed by atoms with E-state index in [0.717, 1.165) is 31.2 Å². The Kier molecular flexibility index (Phi) is 10.8. The minimum Gasteiger partial charge on any atom is -0.490 e. The number of rotatable bonds is 7. The lowest BCUT2D eigenvalue weighted by atomic mass is 9.91. The second-order valence-electron chi connectivity index (χ2n) is 6.83. The number of hydrogen-bond acceptors (Lipinski definition) is 5. The quantitative estimate of drug-likeness (QED) is 0.679. The number of ether oxygens (including phenoxy) is 2. The molecular formula is C21H29Cl2N3O3. The van der Waals surface area contributed by atoms with Crippen LogP contribution in [-0.2, 0) is 6.61 Å². The van der Waals surface area contributed by atoms with Crippen molar-refractivity contribution < 1.29 is 14.3 Å². The van der Waals surface area contributed by atoms with Crippen molar-refractivity contribution in [2.45, 2.75) is 51.3 Å². The van der Waals surface area contributed by atoms with Crippen LogP contribution in [0.25, 0.3) is 0 Å². The number of carbonyl (C=O) groups is 1. The van der Waals surface area contributed by atoms with Crippen LogP contribution < -0.4 is 20.5 Å². The standard InChI is InChI=1S/C21H27N3O3.2ClH/c1-2-26-20-12-16(21(25)24-18-8-6-17(22)7-9-18)5-10-19(20)27-14-15-4-3-11-23-13-15;;/h3-5,10-13,17-18H,2,6-9,14,22H2,1H3,(H,24,25);2*1H. The predicted octanol–water partition coefficient (Wildman–Crippen LogP) is 3.90. The molecule has 1 aliphatic rings. The number of benzene rings is 1. The lowest BCUT2D eigenvalue weighted by Gasteiger charge is -2.26. The summed E-state index contributed by atoms with van der Waals surface area (Å²) >= 11 is 0. The van der Waals surface area contributed by atoms with Crippen molar-refractivity contribution in [3.63, 3.8) is 0 Å². The lowest BCUT2D eigenvalue weighted by Crippen LogP contribution is -2.40. The molecule has 1 fully saturated rings. The summed E-state index contributed by atoms with van der Waals surface area (Å²) in [6, 6.07) is 9.57. The van der Waals surface area contributed by atoms with Gasteiger partial charge in [-0.05, 0) is 56.9 Å². The van der Waals surface area contributed by atoms with Gasteiger partial charge in [-0.1, -0.05) is 6.07 Å². The van der Waals surface area contributed by atoms with Crippen LogP contribution in [0.3, 0.4) is 0 Å². The first kappa shape index (κ1) is 25.0. The molecule has 3 N–H and O–H groups in total. The van der Waals surface area contributed by atoms with Gasteiger partial charge in [0.05, 0.1) is 6.61 Å². The number of aromatic nitrogens is 1. The molecule has 1 aromatic heterocycles. The summed E-state index contributed by atoms with van der Waals surface area (Å²) in [4.78, 5) is 16.7. The maximum atomic E-state index is 12.6. The van der Waals surface area contributed by atoms with Gasteiger partial charge in [-0.2, -0.15) is 0 Å². The van der Waals surface area contributed by atoms with E-state index in [1.54, 1.807) is 30.6 Å². The van der Waals surface area contributed by atoms with E-state index in [1.807, 2.05) is 19.1 Å². The van der Waals surface area contributed by atoms with Gasteiger partial charge in [0.25, 0.3) is 5.91 Å². The number of pyridine rings is 1. The Bertz CT molecular complexity index is 754. The average Bonchev–Trinajstić information content (AvgIpc) is 2.69. The smallest absolute Gasteiger partial charge is 0.251 e. The van der Waals surface area contributed by atoms with E-state index in [4.69, 9.17) is 15.2 Å². The Balaban J connectivity index is 0.00000210. The van der Waals surface area contributed by atoms with Gasteiger partial charge in [0, 0.05) is 35.6 Å². The van der Waals surface area contributed by atoms with Gasteiger partial charge >= 0.3 is 0 Å². The summed E-state index contributed by atoms with van der Waals surface area (Å²) in [5.74, 6) is 1.09. The average molecular weight is 442 g/mol. The molecule has 0 unspecified atom stereocenters. The van der Waals surface area contributed by atoms with E-state index in [0.29, 0.717) is 30.3 Å². The van der Waals surface area contributed by atoms with Crippen LogP contribution >= 0.6 is 24.8 Å². The summed E-state index contributed by atoms with van der Waals surface area (Å²) in [6.45, 7) is 2.79. The van der Waals surface area contributed by atoms with E-state index in [-0.39, 0.29) is 42.8 Å². The molecule has 8 heteroatoms. The van der Waals surface area contributed by atoms with E-state index in [1.165, 1.54) is 0 Å². The molecule has 160 valence electrons. The van der Waals surface area contributed by atoms with Crippen LogP contribution in [0, 0.1) is 0 Å². The molecule has 0 spiro atoms. The fraction of sp³-hybridized carbons (Fsp3) is 0.429. The maximum Gasteiger partial charge on any atom is 0.251 e. The van der Waals surface area contributed by atoms with Crippen LogP contribution in [0.5, 0.6) is 11.5 Å². The van der Waals surface area contributed by atoms with Crippen molar-refractivity contribution in [2.24, 2.45) is 5.73 Å².